The van der Waals surface area contributed by atoms with Crippen LogP contribution >= 0.6 is 11.3 Å². The molecule has 2 aromatic carbocycles. The van der Waals surface area contributed by atoms with E-state index in [0.29, 0.717) is 23.8 Å². The van der Waals surface area contributed by atoms with Crippen molar-refractivity contribution in [3.8, 4) is 17.6 Å². The Bertz CT molecular complexity index is 925. The van der Waals surface area contributed by atoms with Gasteiger partial charge in [-0.3, -0.25) is 0 Å². The fourth-order valence-electron chi connectivity index (χ4n) is 2.71. The van der Waals surface area contributed by atoms with E-state index in [4.69, 9.17) is 4.74 Å². The summed E-state index contributed by atoms with van der Waals surface area (Å²) in [6.45, 7) is 4.28. The minimum atomic E-state index is -1.10. The maximum Gasteiger partial charge on any atom is 0.149 e. The first-order valence-electron chi connectivity index (χ1n) is 8.53. The van der Waals surface area contributed by atoms with Crippen LogP contribution in [0.15, 0.2) is 60.1 Å². The molecule has 132 valence electrons. The average molecular weight is 363 g/mol. The fourth-order valence-corrected chi connectivity index (χ4v) is 3.54. The molecule has 0 aliphatic carbocycles. The van der Waals surface area contributed by atoms with E-state index in [1.54, 1.807) is 6.20 Å². The van der Waals surface area contributed by atoms with Crippen LogP contribution in [0.1, 0.15) is 35.0 Å². The lowest BCUT2D eigenvalue weighted by atomic mass is 9.91. The van der Waals surface area contributed by atoms with E-state index in [1.807, 2.05) is 67.8 Å². The first-order valence-corrected chi connectivity index (χ1v) is 9.41. The standard InChI is InChI=1S/C22H21NO2S/c1-3-22(24,21-23-13-15-26-21)19-11-6-12-20(16-19)25-14-7-10-18-9-5-4-8-17(18)2/h4-6,8-9,11-13,15-16,24H,3,14H2,1-2H3. The van der Waals surface area contributed by atoms with Crippen molar-refractivity contribution in [3.63, 3.8) is 0 Å². The van der Waals surface area contributed by atoms with Crippen molar-refractivity contribution in [2.75, 3.05) is 6.61 Å². The van der Waals surface area contributed by atoms with Crippen LogP contribution < -0.4 is 4.74 Å². The van der Waals surface area contributed by atoms with Gasteiger partial charge in [-0.15, -0.1) is 11.3 Å². The van der Waals surface area contributed by atoms with Crippen molar-refractivity contribution in [2.24, 2.45) is 0 Å². The molecule has 1 atom stereocenters. The molecule has 3 rings (SSSR count). The Balaban J connectivity index is 1.73. The second kappa shape index (κ2) is 8.18. The van der Waals surface area contributed by atoms with Crippen LogP contribution in [0, 0.1) is 18.8 Å². The van der Waals surface area contributed by atoms with E-state index < -0.39 is 5.60 Å². The van der Waals surface area contributed by atoms with E-state index >= 15 is 0 Å². The molecule has 0 aliphatic rings. The molecule has 1 heterocycles. The van der Waals surface area contributed by atoms with Crippen LogP contribution in [0.5, 0.6) is 5.75 Å². The normalized spacial score (nSPS) is 12.7. The van der Waals surface area contributed by atoms with Crippen LogP contribution in [0.3, 0.4) is 0 Å². The smallest absolute Gasteiger partial charge is 0.149 e. The number of benzene rings is 2. The number of aromatic nitrogens is 1. The van der Waals surface area contributed by atoms with Crippen LogP contribution in [-0.4, -0.2) is 16.7 Å². The molecule has 1 unspecified atom stereocenters. The van der Waals surface area contributed by atoms with Gasteiger partial charge in [0.05, 0.1) is 0 Å². The average Bonchev–Trinajstić information content (AvgIpc) is 3.21. The monoisotopic (exact) mass is 363 g/mol. The van der Waals surface area contributed by atoms with Gasteiger partial charge in [0, 0.05) is 17.1 Å². The zero-order valence-corrected chi connectivity index (χ0v) is 15.7. The zero-order chi connectivity index (χ0) is 18.4. The number of aryl methyl sites for hydroxylation is 1. The molecule has 3 nitrogen and oxygen atoms in total. The number of hydrogen-bond donors (Lipinski definition) is 1. The highest BCUT2D eigenvalue weighted by atomic mass is 32.1. The minimum absolute atomic E-state index is 0.291. The fraction of sp³-hybridized carbons (Fsp3) is 0.227. The Morgan fingerprint density at radius 3 is 2.77 bits per heavy atom. The lowest BCUT2D eigenvalue weighted by Gasteiger charge is -2.25. The number of ether oxygens (including phenoxy) is 1. The highest BCUT2D eigenvalue weighted by molar-refractivity contribution is 7.09. The van der Waals surface area contributed by atoms with Crippen LogP contribution in [0.4, 0.5) is 0 Å². The second-order valence-electron chi connectivity index (χ2n) is 5.98. The Kier molecular flexibility index (Phi) is 5.72. The predicted molar refractivity (Wildman–Crippen MR) is 105 cm³/mol. The molecule has 0 saturated heterocycles. The van der Waals surface area contributed by atoms with Crippen molar-refractivity contribution in [3.05, 3.63) is 81.8 Å². The van der Waals surface area contributed by atoms with Gasteiger partial charge in [-0.25, -0.2) is 4.98 Å². The quantitative estimate of drug-likeness (QED) is 0.677. The summed E-state index contributed by atoms with van der Waals surface area (Å²) >= 11 is 1.45. The Hall–Kier alpha value is -2.61. The molecule has 0 spiro atoms. The van der Waals surface area contributed by atoms with Crippen molar-refractivity contribution in [1.82, 2.24) is 4.98 Å². The molecular formula is C22H21NO2S. The number of rotatable bonds is 5. The highest BCUT2D eigenvalue weighted by Crippen LogP contribution is 2.35. The van der Waals surface area contributed by atoms with Crippen molar-refractivity contribution < 1.29 is 9.84 Å². The minimum Gasteiger partial charge on any atom is -0.481 e. The number of hydrogen-bond acceptors (Lipinski definition) is 4. The van der Waals surface area contributed by atoms with E-state index in [1.165, 1.54) is 11.3 Å². The molecule has 0 aliphatic heterocycles. The Morgan fingerprint density at radius 2 is 2.04 bits per heavy atom. The van der Waals surface area contributed by atoms with Crippen molar-refractivity contribution in [1.29, 1.82) is 0 Å². The maximum atomic E-state index is 11.1. The molecule has 4 heteroatoms. The molecule has 0 bridgehead atoms. The third kappa shape index (κ3) is 3.96. The van der Waals surface area contributed by atoms with E-state index in [2.05, 4.69) is 16.8 Å². The van der Waals surface area contributed by atoms with Gasteiger partial charge in [0.2, 0.25) is 0 Å². The zero-order valence-electron chi connectivity index (χ0n) is 14.9. The first-order chi connectivity index (χ1) is 12.6. The van der Waals surface area contributed by atoms with Crippen LogP contribution in [0.2, 0.25) is 0 Å². The first kappa shape index (κ1) is 18.2. The summed E-state index contributed by atoms with van der Waals surface area (Å²) in [5.41, 5.74) is 1.84. The largest absolute Gasteiger partial charge is 0.481 e. The van der Waals surface area contributed by atoms with Gasteiger partial charge in [-0.1, -0.05) is 49.1 Å². The summed E-state index contributed by atoms with van der Waals surface area (Å²) in [7, 11) is 0. The van der Waals surface area contributed by atoms with Crippen LogP contribution in [0.25, 0.3) is 0 Å². The molecule has 26 heavy (non-hydrogen) atoms. The molecule has 0 amide bonds. The van der Waals surface area contributed by atoms with E-state index in [0.717, 1.165) is 16.7 Å². The highest BCUT2D eigenvalue weighted by Gasteiger charge is 2.32. The van der Waals surface area contributed by atoms with Crippen molar-refractivity contribution in [2.45, 2.75) is 25.9 Å². The second-order valence-corrected chi connectivity index (χ2v) is 6.88. The topological polar surface area (TPSA) is 42.4 Å². The van der Waals surface area contributed by atoms with Gasteiger partial charge >= 0.3 is 0 Å². The lowest BCUT2D eigenvalue weighted by Crippen LogP contribution is -2.26. The summed E-state index contributed by atoms with van der Waals surface area (Å²) in [5, 5.41) is 13.7. The van der Waals surface area contributed by atoms with Gasteiger partial charge in [-0.05, 0) is 42.7 Å². The van der Waals surface area contributed by atoms with Gasteiger partial charge in [0.1, 0.15) is 23.0 Å². The summed E-state index contributed by atoms with van der Waals surface area (Å²) in [6, 6.07) is 15.5. The van der Waals surface area contributed by atoms with Gasteiger partial charge in [0.25, 0.3) is 0 Å². The van der Waals surface area contributed by atoms with E-state index in [9.17, 15) is 5.11 Å². The number of aliphatic hydroxyl groups is 1. The molecule has 0 saturated carbocycles. The third-order valence-electron chi connectivity index (χ3n) is 4.29. The number of nitrogens with zero attached hydrogens (tertiary/aromatic N) is 1. The number of thiazole rings is 1. The Labute approximate surface area is 158 Å². The van der Waals surface area contributed by atoms with Gasteiger partial charge in [0.15, 0.2) is 0 Å². The summed E-state index contributed by atoms with van der Waals surface area (Å²) in [6.07, 6.45) is 2.25. The Morgan fingerprint density at radius 1 is 1.19 bits per heavy atom. The molecule has 0 radical (unpaired) electrons. The van der Waals surface area contributed by atoms with E-state index in [-0.39, 0.29) is 0 Å². The molecule has 0 fully saturated rings. The third-order valence-corrected chi connectivity index (χ3v) is 5.21. The predicted octanol–water partition coefficient (Wildman–Crippen LogP) is 4.53. The lowest BCUT2D eigenvalue weighted by molar-refractivity contribution is 0.0759. The molecule has 1 aromatic heterocycles. The SMILES string of the molecule is CCC(O)(c1cccc(OCC#Cc2ccccc2C)c1)c1nccs1. The molecule has 3 aromatic rings. The summed E-state index contributed by atoms with van der Waals surface area (Å²) < 4.78 is 5.76. The van der Waals surface area contributed by atoms with Crippen molar-refractivity contribution >= 4 is 11.3 Å². The molecular weight excluding hydrogens is 342 g/mol. The molecule has 1 N–H and O–H groups in total. The summed E-state index contributed by atoms with van der Waals surface area (Å²) in [4.78, 5) is 4.29. The van der Waals surface area contributed by atoms with Crippen LogP contribution in [-0.2, 0) is 5.60 Å². The van der Waals surface area contributed by atoms with Gasteiger partial charge < -0.3 is 9.84 Å². The maximum absolute atomic E-state index is 11.1. The summed E-state index contributed by atoms with van der Waals surface area (Å²) in [5.74, 6) is 6.86. The van der Waals surface area contributed by atoms with Gasteiger partial charge in [-0.2, -0.15) is 0 Å².